The molecule has 0 saturated heterocycles. The first-order valence-corrected chi connectivity index (χ1v) is 10.9. The van der Waals surface area contributed by atoms with Crippen LogP contribution in [0.5, 0.6) is 5.75 Å². The second kappa shape index (κ2) is 11.1. The van der Waals surface area contributed by atoms with Gasteiger partial charge in [0.1, 0.15) is 5.75 Å². The van der Waals surface area contributed by atoms with Crippen molar-refractivity contribution in [1.82, 2.24) is 9.88 Å². The molecule has 0 bridgehead atoms. The maximum atomic E-state index is 10.6. The molecule has 0 amide bonds. The maximum absolute atomic E-state index is 10.6. The number of nitrogens with zero attached hydrogens (tertiary/aromatic N) is 1. The number of benzene rings is 2. The number of hydrogen-bond donors (Lipinski definition) is 3. The highest BCUT2D eigenvalue weighted by atomic mass is 19.4. The Morgan fingerprint density at radius 2 is 1.88 bits per heavy atom. The molecule has 9 heteroatoms. The number of hydrogen-bond acceptors (Lipinski definition) is 4. The average Bonchev–Trinajstić information content (AvgIpc) is 3.12. The second-order valence-electron chi connectivity index (χ2n) is 7.56. The Balaban J connectivity index is 0.000000383. The summed E-state index contributed by atoms with van der Waals surface area (Å²) in [7, 11) is 0. The van der Waals surface area contributed by atoms with Gasteiger partial charge in [-0.05, 0) is 62.2 Å². The van der Waals surface area contributed by atoms with Gasteiger partial charge in [-0.2, -0.15) is 13.2 Å². The lowest BCUT2D eigenvalue weighted by Crippen LogP contribution is -2.25. The minimum absolute atomic E-state index is 0.705. The maximum Gasteiger partial charge on any atom is 0.490 e. The summed E-state index contributed by atoms with van der Waals surface area (Å²) in [6, 6.07) is 17.0. The molecular formula is C24H28F3N3O3. The number of carboxylic acid groups (broad SMARTS) is 1. The molecular weight excluding hydrogens is 435 g/mol. The Hall–Kier alpha value is -3.20. The number of ether oxygens (including phenoxy) is 1. The largest absolute Gasteiger partial charge is 0.494 e. The SMILES string of the molecule is CCOc1ccc(NCCCn2c3c(c4ccccc42)CCNC3)cc1.O=C(O)C(F)(F)F. The van der Waals surface area contributed by atoms with Crippen LogP contribution in [-0.4, -0.2) is 41.5 Å². The minimum atomic E-state index is -5.08. The molecule has 3 aromatic rings. The van der Waals surface area contributed by atoms with E-state index in [-0.39, 0.29) is 0 Å². The normalized spacial score (nSPS) is 13.1. The minimum Gasteiger partial charge on any atom is -0.494 e. The number of alkyl halides is 3. The molecule has 3 N–H and O–H groups in total. The van der Waals surface area contributed by atoms with Crippen LogP contribution in [0.4, 0.5) is 18.9 Å². The number of carbonyl (C=O) groups is 1. The summed E-state index contributed by atoms with van der Waals surface area (Å²) in [5.41, 5.74) is 5.54. The summed E-state index contributed by atoms with van der Waals surface area (Å²) in [4.78, 5) is 8.90. The molecule has 2 heterocycles. The van der Waals surface area contributed by atoms with Crippen LogP contribution in [0.15, 0.2) is 48.5 Å². The molecule has 0 unspecified atom stereocenters. The Bertz CT molecular complexity index is 1060. The van der Waals surface area contributed by atoms with Crippen molar-refractivity contribution in [3.8, 4) is 5.75 Å². The van der Waals surface area contributed by atoms with E-state index < -0.39 is 12.1 Å². The van der Waals surface area contributed by atoms with Crippen molar-refractivity contribution >= 4 is 22.6 Å². The van der Waals surface area contributed by atoms with Crippen molar-refractivity contribution in [2.45, 2.75) is 39.0 Å². The van der Waals surface area contributed by atoms with Gasteiger partial charge in [0.05, 0.1) is 6.61 Å². The number of aryl methyl sites for hydroxylation is 1. The fourth-order valence-corrected chi connectivity index (χ4v) is 3.89. The number of fused-ring (bicyclic) bond motifs is 3. The smallest absolute Gasteiger partial charge is 0.490 e. The highest BCUT2D eigenvalue weighted by molar-refractivity contribution is 5.85. The summed E-state index contributed by atoms with van der Waals surface area (Å²) >= 11 is 0. The van der Waals surface area contributed by atoms with Crippen molar-refractivity contribution in [3.63, 3.8) is 0 Å². The molecule has 4 rings (SSSR count). The molecule has 2 aromatic carbocycles. The summed E-state index contributed by atoms with van der Waals surface area (Å²) in [5.74, 6) is -1.83. The molecule has 0 spiro atoms. The van der Waals surface area contributed by atoms with Crippen LogP contribution in [0.1, 0.15) is 24.6 Å². The van der Waals surface area contributed by atoms with E-state index in [4.69, 9.17) is 14.6 Å². The van der Waals surface area contributed by atoms with Crippen LogP contribution < -0.4 is 15.4 Å². The fraction of sp³-hybridized carbons (Fsp3) is 0.375. The van der Waals surface area contributed by atoms with Gasteiger partial charge in [-0.15, -0.1) is 0 Å². The first-order valence-electron chi connectivity index (χ1n) is 10.9. The van der Waals surface area contributed by atoms with Gasteiger partial charge in [-0.25, -0.2) is 4.79 Å². The number of halogens is 3. The van der Waals surface area contributed by atoms with Crippen molar-refractivity contribution in [2.75, 3.05) is 25.0 Å². The van der Waals surface area contributed by atoms with E-state index in [1.807, 2.05) is 19.1 Å². The fourth-order valence-electron chi connectivity index (χ4n) is 3.89. The van der Waals surface area contributed by atoms with Crippen molar-refractivity contribution < 1.29 is 27.8 Å². The van der Waals surface area contributed by atoms with Gasteiger partial charge in [-0.3, -0.25) is 0 Å². The van der Waals surface area contributed by atoms with Gasteiger partial charge in [-0.1, -0.05) is 18.2 Å². The van der Waals surface area contributed by atoms with Gasteiger partial charge < -0.3 is 25.0 Å². The summed E-state index contributed by atoms with van der Waals surface area (Å²) in [5, 5.41) is 15.6. The zero-order valence-electron chi connectivity index (χ0n) is 18.4. The third-order valence-electron chi connectivity index (χ3n) is 5.33. The van der Waals surface area contributed by atoms with Crippen LogP contribution in [0.3, 0.4) is 0 Å². The number of aromatic nitrogens is 1. The first kappa shape index (κ1) is 24.4. The van der Waals surface area contributed by atoms with Crippen molar-refractivity contribution in [1.29, 1.82) is 0 Å². The molecule has 1 aromatic heterocycles. The van der Waals surface area contributed by atoms with Gasteiger partial charge in [0, 0.05) is 41.9 Å². The van der Waals surface area contributed by atoms with Gasteiger partial charge in [0.25, 0.3) is 0 Å². The lowest BCUT2D eigenvalue weighted by atomic mass is 10.1. The Morgan fingerprint density at radius 1 is 1.18 bits per heavy atom. The summed E-state index contributed by atoms with van der Waals surface area (Å²) in [6.45, 7) is 6.78. The lowest BCUT2D eigenvalue weighted by Gasteiger charge is -2.17. The first-order chi connectivity index (χ1) is 15.8. The number of rotatable bonds is 7. The predicted octanol–water partition coefficient (Wildman–Crippen LogP) is 4.82. The monoisotopic (exact) mass is 463 g/mol. The molecule has 178 valence electrons. The Labute approximate surface area is 190 Å². The second-order valence-corrected chi connectivity index (χ2v) is 7.56. The van der Waals surface area contributed by atoms with E-state index in [0.29, 0.717) is 6.61 Å². The van der Waals surface area contributed by atoms with Gasteiger partial charge in [0.2, 0.25) is 0 Å². The van der Waals surface area contributed by atoms with E-state index in [9.17, 15) is 13.2 Å². The van der Waals surface area contributed by atoms with Crippen LogP contribution in [-0.2, 0) is 24.3 Å². The number of nitrogens with one attached hydrogen (secondary N) is 2. The van der Waals surface area contributed by atoms with Crippen molar-refractivity contribution in [3.05, 3.63) is 59.8 Å². The average molecular weight is 464 g/mol. The predicted molar refractivity (Wildman–Crippen MR) is 122 cm³/mol. The van der Waals surface area contributed by atoms with Crippen LogP contribution in [0, 0.1) is 0 Å². The zero-order chi connectivity index (χ0) is 23.8. The molecule has 1 aliphatic heterocycles. The lowest BCUT2D eigenvalue weighted by molar-refractivity contribution is -0.192. The zero-order valence-corrected chi connectivity index (χ0v) is 18.4. The Kier molecular flexibility index (Phi) is 8.21. The highest BCUT2D eigenvalue weighted by Crippen LogP contribution is 2.28. The Morgan fingerprint density at radius 3 is 2.55 bits per heavy atom. The number of anilines is 1. The molecule has 0 atom stereocenters. The quantitative estimate of drug-likeness (QED) is 0.438. The number of para-hydroxylation sites is 1. The summed E-state index contributed by atoms with van der Waals surface area (Å²) in [6.07, 6.45) is -2.86. The highest BCUT2D eigenvalue weighted by Gasteiger charge is 2.38. The third kappa shape index (κ3) is 6.41. The van der Waals surface area contributed by atoms with Crippen LogP contribution in [0.2, 0.25) is 0 Å². The summed E-state index contributed by atoms with van der Waals surface area (Å²) < 4.78 is 39.7. The molecule has 0 radical (unpaired) electrons. The molecule has 33 heavy (non-hydrogen) atoms. The number of carboxylic acids is 1. The topological polar surface area (TPSA) is 75.5 Å². The standard InChI is InChI=1S/C22H27N3O.C2HF3O2/c1-2-26-18-10-8-17(9-11-18)24-13-5-15-25-21-7-4-3-6-19(21)20-12-14-23-16-22(20)25;3-2(4,5)1(6)7/h3-4,6-11,23-24H,2,5,12-16H2,1H3;(H,6,7). The van der Waals surface area contributed by atoms with E-state index in [1.54, 1.807) is 5.56 Å². The van der Waals surface area contributed by atoms with Crippen molar-refractivity contribution in [2.24, 2.45) is 0 Å². The molecule has 0 saturated carbocycles. The van der Waals surface area contributed by atoms with E-state index in [2.05, 4.69) is 51.6 Å². The third-order valence-corrected chi connectivity index (χ3v) is 5.33. The van der Waals surface area contributed by atoms with E-state index in [0.717, 1.165) is 50.5 Å². The van der Waals surface area contributed by atoms with Crippen LogP contribution >= 0.6 is 0 Å². The van der Waals surface area contributed by atoms with Crippen LogP contribution in [0.25, 0.3) is 10.9 Å². The van der Waals surface area contributed by atoms with E-state index in [1.165, 1.54) is 16.6 Å². The molecule has 0 fully saturated rings. The molecule has 6 nitrogen and oxygen atoms in total. The van der Waals surface area contributed by atoms with Gasteiger partial charge in [0.15, 0.2) is 0 Å². The molecule has 0 aliphatic carbocycles. The number of aliphatic carboxylic acids is 1. The molecule has 1 aliphatic rings. The van der Waals surface area contributed by atoms with Gasteiger partial charge >= 0.3 is 12.1 Å². The van der Waals surface area contributed by atoms with E-state index >= 15 is 0 Å².